The van der Waals surface area contributed by atoms with Crippen molar-refractivity contribution < 1.29 is 9.21 Å². The number of hydrogen-bond donors (Lipinski definition) is 1. The summed E-state index contributed by atoms with van der Waals surface area (Å²) in [6, 6.07) is 9.46. The average molecular weight is 365 g/mol. The monoisotopic (exact) mass is 365 g/mol. The molecule has 1 aromatic carbocycles. The Morgan fingerprint density at radius 3 is 2.85 bits per heavy atom. The first kappa shape index (κ1) is 17.5. The Bertz CT molecular complexity index is 948. The molecule has 0 bridgehead atoms. The van der Waals surface area contributed by atoms with Crippen molar-refractivity contribution in [2.75, 3.05) is 18.8 Å². The molecule has 0 radical (unpaired) electrons. The van der Waals surface area contributed by atoms with Gasteiger partial charge >= 0.3 is 0 Å². The molecular formula is C20H23N5O2. The molecule has 1 aliphatic heterocycles. The fourth-order valence-electron chi connectivity index (χ4n) is 3.48. The molecule has 1 saturated heterocycles. The first-order chi connectivity index (χ1) is 13.0. The summed E-state index contributed by atoms with van der Waals surface area (Å²) in [5.74, 6) is 0.970. The third kappa shape index (κ3) is 3.49. The smallest absolute Gasteiger partial charge is 0.272 e. The van der Waals surface area contributed by atoms with Gasteiger partial charge in [-0.3, -0.25) is 4.79 Å². The van der Waals surface area contributed by atoms with E-state index in [1.165, 1.54) is 0 Å². The predicted octanol–water partition coefficient (Wildman–Crippen LogP) is 3.34. The third-order valence-corrected chi connectivity index (χ3v) is 4.94. The lowest BCUT2D eigenvalue weighted by Crippen LogP contribution is -2.39. The lowest BCUT2D eigenvalue weighted by atomic mass is 9.97. The van der Waals surface area contributed by atoms with Gasteiger partial charge in [-0.25, -0.2) is 15.0 Å². The molecule has 2 aromatic heterocycles. The van der Waals surface area contributed by atoms with Crippen LogP contribution in [-0.2, 0) is 0 Å². The van der Waals surface area contributed by atoms with Gasteiger partial charge in [0.15, 0.2) is 11.5 Å². The maximum Gasteiger partial charge on any atom is 0.272 e. The van der Waals surface area contributed by atoms with Crippen molar-refractivity contribution in [2.24, 2.45) is 0 Å². The minimum atomic E-state index is -0.119. The fraction of sp³-hybridized carbons (Fsp3) is 0.400. The number of nitrogens with zero attached hydrogens (tertiary/aromatic N) is 4. The SMILES string of the molecule is CC(C)c1cc(C(=O)N2CCC[C@@H](c3nc4ccccc4o3)C2)nc(N)n1. The van der Waals surface area contributed by atoms with Gasteiger partial charge in [0.25, 0.3) is 5.91 Å². The van der Waals surface area contributed by atoms with Crippen LogP contribution in [0.3, 0.4) is 0 Å². The Labute approximate surface area is 157 Å². The fourth-order valence-corrected chi connectivity index (χ4v) is 3.48. The number of piperidine rings is 1. The molecule has 1 aliphatic rings. The van der Waals surface area contributed by atoms with Crippen molar-refractivity contribution in [2.45, 2.75) is 38.5 Å². The summed E-state index contributed by atoms with van der Waals surface area (Å²) >= 11 is 0. The summed E-state index contributed by atoms with van der Waals surface area (Å²) in [4.78, 5) is 27.8. The van der Waals surface area contributed by atoms with Gasteiger partial charge in [-0.1, -0.05) is 26.0 Å². The summed E-state index contributed by atoms with van der Waals surface area (Å²) < 4.78 is 5.92. The minimum absolute atomic E-state index is 0.0823. The molecule has 2 N–H and O–H groups in total. The van der Waals surface area contributed by atoms with E-state index in [4.69, 9.17) is 10.2 Å². The van der Waals surface area contributed by atoms with E-state index in [1.807, 2.05) is 43.0 Å². The number of carbonyl (C=O) groups is 1. The first-order valence-corrected chi connectivity index (χ1v) is 9.30. The Balaban J connectivity index is 1.56. The second kappa shape index (κ2) is 6.98. The van der Waals surface area contributed by atoms with Crippen LogP contribution in [0, 0.1) is 0 Å². The minimum Gasteiger partial charge on any atom is -0.440 e. The number of fused-ring (bicyclic) bond motifs is 1. The summed E-state index contributed by atoms with van der Waals surface area (Å²) in [7, 11) is 0. The van der Waals surface area contributed by atoms with Crippen molar-refractivity contribution in [1.29, 1.82) is 0 Å². The number of para-hydroxylation sites is 2. The Morgan fingerprint density at radius 1 is 1.26 bits per heavy atom. The van der Waals surface area contributed by atoms with Crippen LogP contribution in [0.2, 0.25) is 0 Å². The maximum atomic E-state index is 13.0. The van der Waals surface area contributed by atoms with E-state index in [1.54, 1.807) is 6.07 Å². The second-order valence-electron chi connectivity index (χ2n) is 7.30. The van der Waals surface area contributed by atoms with E-state index >= 15 is 0 Å². The number of aromatic nitrogens is 3. The topological polar surface area (TPSA) is 98.1 Å². The number of anilines is 1. The average Bonchev–Trinajstić information content (AvgIpc) is 3.11. The lowest BCUT2D eigenvalue weighted by molar-refractivity contribution is 0.0692. The van der Waals surface area contributed by atoms with Crippen LogP contribution in [0.25, 0.3) is 11.1 Å². The molecule has 0 saturated carbocycles. The van der Waals surface area contributed by atoms with Crippen molar-refractivity contribution >= 4 is 23.0 Å². The van der Waals surface area contributed by atoms with E-state index in [-0.39, 0.29) is 23.7 Å². The van der Waals surface area contributed by atoms with Gasteiger partial charge in [0.1, 0.15) is 11.2 Å². The van der Waals surface area contributed by atoms with Gasteiger partial charge in [-0.15, -0.1) is 0 Å². The zero-order valence-corrected chi connectivity index (χ0v) is 15.6. The molecule has 0 aliphatic carbocycles. The highest BCUT2D eigenvalue weighted by molar-refractivity contribution is 5.92. The predicted molar refractivity (Wildman–Crippen MR) is 102 cm³/mol. The molecular weight excluding hydrogens is 342 g/mol. The van der Waals surface area contributed by atoms with Gasteiger partial charge in [-0.05, 0) is 37.0 Å². The molecule has 3 aromatic rings. The molecule has 4 rings (SSSR count). The highest BCUT2D eigenvalue weighted by atomic mass is 16.3. The van der Waals surface area contributed by atoms with Gasteiger partial charge in [0.2, 0.25) is 5.95 Å². The molecule has 140 valence electrons. The number of rotatable bonds is 3. The van der Waals surface area contributed by atoms with E-state index in [0.717, 1.165) is 29.6 Å². The molecule has 1 atom stereocenters. The molecule has 7 nitrogen and oxygen atoms in total. The molecule has 7 heteroatoms. The number of likely N-dealkylation sites (tertiary alicyclic amines) is 1. The number of oxazole rings is 1. The van der Waals surface area contributed by atoms with Crippen LogP contribution in [0.15, 0.2) is 34.7 Å². The number of nitrogen functional groups attached to an aromatic ring is 1. The number of hydrogen-bond acceptors (Lipinski definition) is 6. The van der Waals surface area contributed by atoms with Crippen LogP contribution < -0.4 is 5.73 Å². The normalized spacial score (nSPS) is 17.6. The highest BCUT2D eigenvalue weighted by Crippen LogP contribution is 2.29. The quantitative estimate of drug-likeness (QED) is 0.764. The van der Waals surface area contributed by atoms with Crippen molar-refractivity contribution in [3.8, 4) is 0 Å². The summed E-state index contributed by atoms with van der Waals surface area (Å²) in [5.41, 5.74) is 8.56. The van der Waals surface area contributed by atoms with Gasteiger partial charge in [0, 0.05) is 18.8 Å². The standard InChI is InChI=1S/C20H23N5O2/c1-12(2)15-10-16(24-20(21)23-15)19(26)25-9-5-6-13(11-25)18-22-14-7-3-4-8-17(14)27-18/h3-4,7-8,10,12-13H,5-6,9,11H2,1-2H3,(H2,21,23,24)/t13-/m1/s1. The summed E-state index contributed by atoms with van der Waals surface area (Å²) in [6.45, 7) is 5.28. The second-order valence-corrected chi connectivity index (χ2v) is 7.30. The highest BCUT2D eigenvalue weighted by Gasteiger charge is 2.29. The van der Waals surface area contributed by atoms with E-state index < -0.39 is 0 Å². The van der Waals surface area contributed by atoms with E-state index in [0.29, 0.717) is 24.7 Å². The van der Waals surface area contributed by atoms with Crippen LogP contribution >= 0.6 is 0 Å². The molecule has 27 heavy (non-hydrogen) atoms. The largest absolute Gasteiger partial charge is 0.440 e. The van der Waals surface area contributed by atoms with Crippen LogP contribution in [0.5, 0.6) is 0 Å². The Hall–Kier alpha value is -2.96. The van der Waals surface area contributed by atoms with Gasteiger partial charge in [-0.2, -0.15) is 0 Å². The van der Waals surface area contributed by atoms with Crippen LogP contribution in [0.4, 0.5) is 5.95 Å². The van der Waals surface area contributed by atoms with Crippen molar-refractivity contribution in [1.82, 2.24) is 19.9 Å². The number of nitrogens with two attached hydrogens (primary N) is 1. The molecule has 0 spiro atoms. The lowest BCUT2D eigenvalue weighted by Gasteiger charge is -2.31. The van der Waals surface area contributed by atoms with E-state index in [9.17, 15) is 4.79 Å². The first-order valence-electron chi connectivity index (χ1n) is 9.30. The number of amides is 1. The molecule has 1 amide bonds. The Kier molecular flexibility index (Phi) is 4.51. The third-order valence-electron chi connectivity index (χ3n) is 4.94. The van der Waals surface area contributed by atoms with Crippen LogP contribution in [-0.4, -0.2) is 38.8 Å². The summed E-state index contributed by atoms with van der Waals surface area (Å²) in [5, 5.41) is 0. The molecule has 0 unspecified atom stereocenters. The number of carbonyl (C=O) groups excluding carboxylic acids is 1. The van der Waals surface area contributed by atoms with Crippen molar-refractivity contribution in [3.05, 3.63) is 47.6 Å². The molecule has 3 heterocycles. The van der Waals surface area contributed by atoms with Gasteiger partial charge in [0.05, 0.1) is 5.92 Å². The summed E-state index contributed by atoms with van der Waals surface area (Å²) in [6.07, 6.45) is 1.84. The Morgan fingerprint density at radius 2 is 2.07 bits per heavy atom. The molecule has 1 fully saturated rings. The van der Waals surface area contributed by atoms with Gasteiger partial charge < -0.3 is 15.1 Å². The number of benzene rings is 1. The van der Waals surface area contributed by atoms with Crippen LogP contribution in [0.1, 0.15) is 60.6 Å². The zero-order valence-electron chi connectivity index (χ0n) is 15.6. The maximum absolute atomic E-state index is 13.0. The van der Waals surface area contributed by atoms with E-state index in [2.05, 4.69) is 15.0 Å². The van der Waals surface area contributed by atoms with Crippen molar-refractivity contribution in [3.63, 3.8) is 0 Å². The zero-order chi connectivity index (χ0) is 19.0.